The Morgan fingerprint density at radius 1 is 1.32 bits per heavy atom. The van der Waals surface area contributed by atoms with Crippen LogP contribution in [-0.2, 0) is 4.79 Å². The Morgan fingerprint density at radius 2 is 2.05 bits per heavy atom. The summed E-state index contributed by atoms with van der Waals surface area (Å²) in [6, 6.07) is 4.93. The van der Waals surface area contributed by atoms with Crippen LogP contribution in [0.1, 0.15) is 29.6 Å². The molecule has 5 nitrogen and oxygen atoms in total. The molecule has 1 saturated carbocycles. The van der Waals surface area contributed by atoms with E-state index in [9.17, 15) is 9.59 Å². The Kier molecular flexibility index (Phi) is 4.09. The first-order chi connectivity index (χ1) is 8.95. The predicted molar refractivity (Wildman–Crippen MR) is 74.8 cm³/mol. The molecular weight excluding hydrogens is 312 g/mol. The molecule has 1 aliphatic carbocycles. The lowest BCUT2D eigenvalue weighted by molar-refractivity contribution is -0.141. The number of carboxylic acids is 1. The van der Waals surface area contributed by atoms with E-state index in [0.717, 1.165) is 4.47 Å². The lowest BCUT2D eigenvalue weighted by atomic mass is 10.1. The molecule has 1 amide bonds. The summed E-state index contributed by atoms with van der Waals surface area (Å²) in [4.78, 5) is 22.9. The number of halogens is 1. The van der Waals surface area contributed by atoms with Crippen LogP contribution in [0.2, 0.25) is 0 Å². The summed E-state index contributed by atoms with van der Waals surface area (Å²) in [5.74, 6) is -1.36. The number of carboxylic acid groups (broad SMARTS) is 1. The van der Waals surface area contributed by atoms with Gasteiger partial charge in [0.15, 0.2) is 0 Å². The van der Waals surface area contributed by atoms with Gasteiger partial charge in [0.05, 0.1) is 5.92 Å². The maximum Gasteiger partial charge on any atom is 0.306 e. The highest BCUT2D eigenvalue weighted by atomic mass is 79.9. The Morgan fingerprint density at radius 3 is 2.63 bits per heavy atom. The van der Waals surface area contributed by atoms with Crippen LogP contribution in [0.5, 0.6) is 0 Å². The number of carbonyl (C=O) groups excluding carboxylic acids is 1. The van der Waals surface area contributed by atoms with Crippen molar-refractivity contribution in [3.63, 3.8) is 0 Å². The van der Waals surface area contributed by atoms with Gasteiger partial charge in [-0.1, -0.05) is 15.9 Å². The monoisotopic (exact) mass is 326 g/mol. The molecule has 6 heteroatoms. The highest BCUT2D eigenvalue weighted by Crippen LogP contribution is 2.26. The molecule has 102 valence electrons. The van der Waals surface area contributed by atoms with Crippen molar-refractivity contribution >= 4 is 33.5 Å². The number of benzene rings is 1. The van der Waals surface area contributed by atoms with Gasteiger partial charge in [-0.25, -0.2) is 0 Å². The molecule has 0 aliphatic heterocycles. The van der Waals surface area contributed by atoms with Gasteiger partial charge in [0.2, 0.25) is 0 Å². The average Bonchev–Trinajstić information content (AvgIpc) is 2.76. The maximum absolute atomic E-state index is 12.0. The molecule has 1 aliphatic rings. The first kappa shape index (κ1) is 13.9. The van der Waals surface area contributed by atoms with Crippen LogP contribution < -0.4 is 11.1 Å². The number of aliphatic carboxylic acids is 1. The fourth-order valence-corrected chi connectivity index (χ4v) is 2.86. The SMILES string of the molecule is Nc1cc(Br)cc(C(=O)N[C@H]2CC[C@@H](C(=O)O)C2)c1. The van der Waals surface area contributed by atoms with Crippen molar-refractivity contribution in [1.29, 1.82) is 0 Å². The predicted octanol–water partition coefficient (Wildman–Crippen LogP) is 2.01. The molecule has 1 fully saturated rings. The third kappa shape index (κ3) is 3.47. The van der Waals surface area contributed by atoms with Crippen molar-refractivity contribution in [2.75, 3.05) is 5.73 Å². The van der Waals surface area contributed by atoms with Gasteiger partial charge in [-0.15, -0.1) is 0 Å². The zero-order chi connectivity index (χ0) is 14.0. The molecule has 0 aromatic heterocycles. The van der Waals surface area contributed by atoms with Crippen molar-refractivity contribution in [3.05, 3.63) is 28.2 Å². The second kappa shape index (κ2) is 5.61. The van der Waals surface area contributed by atoms with Gasteiger partial charge < -0.3 is 16.2 Å². The van der Waals surface area contributed by atoms with E-state index >= 15 is 0 Å². The standard InChI is InChI=1S/C13H15BrN2O3/c14-9-3-8(4-10(15)6-9)12(17)16-11-2-1-7(5-11)13(18)19/h3-4,6-7,11H,1-2,5,15H2,(H,16,17)(H,18,19)/t7-,11+/m1/s1. The smallest absolute Gasteiger partial charge is 0.306 e. The number of anilines is 1. The van der Waals surface area contributed by atoms with Crippen LogP contribution in [0, 0.1) is 5.92 Å². The second-order valence-corrected chi connectivity index (χ2v) is 5.71. The zero-order valence-corrected chi connectivity index (χ0v) is 11.8. The van der Waals surface area contributed by atoms with E-state index < -0.39 is 5.97 Å². The highest BCUT2D eigenvalue weighted by molar-refractivity contribution is 9.10. The molecule has 1 aromatic rings. The quantitative estimate of drug-likeness (QED) is 0.741. The summed E-state index contributed by atoms with van der Waals surface area (Å²) in [5.41, 5.74) is 6.67. The topological polar surface area (TPSA) is 92.4 Å². The maximum atomic E-state index is 12.0. The van der Waals surface area contributed by atoms with Gasteiger partial charge in [0.25, 0.3) is 5.91 Å². The molecule has 0 radical (unpaired) electrons. The van der Waals surface area contributed by atoms with Gasteiger partial charge in [-0.3, -0.25) is 9.59 Å². The number of hydrogen-bond acceptors (Lipinski definition) is 3. The summed E-state index contributed by atoms with van der Waals surface area (Å²) < 4.78 is 0.743. The van der Waals surface area contributed by atoms with Crippen LogP contribution >= 0.6 is 15.9 Å². The number of carbonyl (C=O) groups is 2. The Labute approximate surface area is 119 Å². The number of nitrogens with one attached hydrogen (secondary N) is 1. The van der Waals surface area contributed by atoms with E-state index in [-0.39, 0.29) is 17.9 Å². The van der Waals surface area contributed by atoms with Crippen molar-refractivity contribution < 1.29 is 14.7 Å². The minimum Gasteiger partial charge on any atom is -0.481 e. The minimum absolute atomic E-state index is 0.0752. The third-order valence-electron chi connectivity index (χ3n) is 3.30. The first-order valence-electron chi connectivity index (χ1n) is 6.05. The molecule has 0 heterocycles. The molecule has 0 saturated heterocycles. The number of nitrogen functional groups attached to an aromatic ring is 1. The highest BCUT2D eigenvalue weighted by Gasteiger charge is 2.30. The number of amides is 1. The summed E-state index contributed by atoms with van der Waals surface area (Å²) in [6.45, 7) is 0. The molecule has 0 bridgehead atoms. The molecule has 2 rings (SSSR count). The molecule has 4 N–H and O–H groups in total. The van der Waals surface area contributed by atoms with Crippen molar-refractivity contribution in [2.24, 2.45) is 5.92 Å². The summed E-state index contributed by atoms with van der Waals surface area (Å²) in [7, 11) is 0. The van der Waals surface area contributed by atoms with Gasteiger partial charge in [0.1, 0.15) is 0 Å². The normalized spacial score (nSPS) is 22.2. The third-order valence-corrected chi connectivity index (χ3v) is 3.76. The van der Waals surface area contributed by atoms with E-state index in [0.29, 0.717) is 30.5 Å². The van der Waals surface area contributed by atoms with E-state index in [4.69, 9.17) is 10.8 Å². The van der Waals surface area contributed by atoms with Crippen LogP contribution in [0.4, 0.5) is 5.69 Å². The molecule has 0 unspecified atom stereocenters. The average molecular weight is 327 g/mol. The Bertz CT molecular complexity index is 498. The van der Waals surface area contributed by atoms with Crippen LogP contribution in [0.25, 0.3) is 0 Å². The van der Waals surface area contributed by atoms with Gasteiger partial charge >= 0.3 is 5.97 Å². The number of rotatable bonds is 3. The second-order valence-electron chi connectivity index (χ2n) is 4.79. The summed E-state index contributed by atoms with van der Waals surface area (Å²) >= 11 is 3.28. The zero-order valence-electron chi connectivity index (χ0n) is 10.2. The van der Waals surface area contributed by atoms with Gasteiger partial charge in [-0.05, 0) is 37.5 Å². The number of nitrogens with two attached hydrogens (primary N) is 1. The van der Waals surface area contributed by atoms with E-state index in [1.807, 2.05) is 0 Å². The van der Waals surface area contributed by atoms with Gasteiger partial charge in [0, 0.05) is 21.8 Å². The van der Waals surface area contributed by atoms with Crippen molar-refractivity contribution in [3.8, 4) is 0 Å². The fourth-order valence-electron chi connectivity index (χ4n) is 2.35. The van der Waals surface area contributed by atoms with E-state index in [1.165, 1.54) is 0 Å². The van der Waals surface area contributed by atoms with Crippen LogP contribution in [-0.4, -0.2) is 23.0 Å². The molecule has 1 aromatic carbocycles. The van der Waals surface area contributed by atoms with Crippen LogP contribution in [0.3, 0.4) is 0 Å². The molecule has 19 heavy (non-hydrogen) atoms. The van der Waals surface area contributed by atoms with Crippen molar-refractivity contribution in [1.82, 2.24) is 5.32 Å². The van der Waals surface area contributed by atoms with E-state index in [1.54, 1.807) is 18.2 Å². The van der Waals surface area contributed by atoms with Crippen molar-refractivity contribution in [2.45, 2.75) is 25.3 Å². The van der Waals surface area contributed by atoms with Gasteiger partial charge in [-0.2, -0.15) is 0 Å². The van der Waals surface area contributed by atoms with Crippen LogP contribution in [0.15, 0.2) is 22.7 Å². The lowest BCUT2D eigenvalue weighted by Gasteiger charge is -2.13. The Hall–Kier alpha value is -1.56. The molecular formula is C13H15BrN2O3. The molecule has 0 spiro atoms. The van der Waals surface area contributed by atoms with E-state index in [2.05, 4.69) is 21.2 Å². The Balaban J connectivity index is 2.00. The first-order valence-corrected chi connectivity index (χ1v) is 6.84. The fraction of sp³-hybridized carbons (Fsp3) is 0.385. The lowest BCUT2D eigenvalue weighted by Crippen LogP contribution is -2.33. The minimum atomic E-state index is -0.788. The largest absolute Gasteiger partial charge is 0.481 e. The molecule has 2 atom stereocenters. The summed E-state index contributed by atoms with van der Waals surface area (Å²) in [6.07, 6.45) is 1.80. The number of hydrogen-bond donors (Lipinski definition) is 3. The summed E-state index contributed by atoms with van der Waals surface area (Å²) in [5, 5.41) is 11.8.